The van der Waals surface area contributed by atoms with E-state index in [1.807, 2.05) is 54.2 Å². The number of nitrogens with zero attached hydrogens (tertiary/aromatic N) is 2. The zero-order valence-corrected chi connectivity index (χ0v) is 17.9. The van der Waals surface area contributed by atoms with E-state index in [-0.39, 0.29) is 11.8 Å². The van der Waals surface area contributed by atoms with Crippen LogP contribution in [0.25, 0.3) is 33.0 Å². The molecule has 4 aromatic rings. The minimum atomic E-state index is -0.337. The number of nitrogens with one attached hydrogen (secondary N) is 1. The summed E-state index contributed by atoms with van der Waals surface area (Å²) >= 11 is 0. The number of carbonyl (C=O) groups is 2. The quantitative estimate of drug-likeness (QED) is 0.496. The number of aryl methyl sites for hydroxylation is 2. The first-order chi connectivity index (χ1) is 15.6. The van der Waals surface area contributed by atoms with Gasteiger partial charge < -0.3 is 14.9 Å². The van der Waals surface area contributed by atoms with Crippen molar-refractivity contribution in [2.45, 2.75) is 19.4 Å². The van der Waals surface area contributed by atoms with Gasteiger partial charge in [-0.25, -0.2) is 0 Å². The molecule has 160 valence electrons. The lowest BCUT2D eigenvalue weighted by Crippen LogP contribution is -2.26. The molecule has 6 heteroatoms. The second-order valence-corrected chi connectivity index (χ2v) is 8.79. The molecular formula is C26H24N4O2. The van der Waals surface area contributed by atoms with Gasteiger partial charge in [-0.2, -0.15) is 0 Å². The van der Waals surface area contributed by atoms with E-state index in [4.69, 9.17) is 5.73 Å². The molecule has 2 aliphatic heterocycles. The Balaban J connectivity index is 1.71. The van der Waals surface area contributed by atoms with E-state index in [2.05, 4.69) is 22.0 Å². The van der Waals surface area contributed by atoms with Crippen LogP contribution in [-0.4, -0.2) is 27.5 Å². The fraction of sp³-hybridized carbons (Fsp3) is 0.231. The highest BCUT2D eigenvalue weighted by molar-refractivity contribution is 6.51. The maximum absolute atomic E-state index is 13.3. The molecule has 0 saturated carbocycles. The van der Waals surface area contributed by atoms with Crippen LogP contribution in [0.2, 0.25) is 0 Å². The monoisotopic (exact) mass is 424 g/mol. The van der Waals surface area contributed by atoms with Gasteiger partial charge in [-0.15, -0.1) is 0 Å². The predicted molar refractivity (Wildman–Crippen MR) is 126 cm³/mol. The number of aromatic nitrogens is 2. The molecule has 0 aliphatic carbocycles. The summed E-state index contributed by atoms with van der Waals surface area (Å²) in [5.41, 5.74) is 11.9. The summed E-state index contributed by atoms with van der Waals surface area (Å²) in [5, 5.41) is 4.55. The van der Waals surface area contributed by atoms with Crippen LogP contribution in [0.5, 0.6) is 0 Å². The van der Waals surface area contributed by atoms with E-state index < -0.39 is 0 Å². The molecule has 32 heavy (non-hydrogen) atoms. The van der Waals surface area contributed by atoms with Crippen molar-refractivity contribution in [1.82, 2.24) is 14.5 Å². The van der Waals surface area contributed by atoms with Crippen LogP contribution in [0, 0.1) is 5.92 Å². The lowest BCUT2D eigenvalue weighted by atomic mass is 9.89. The molecule has 2 amide bonds. The van der Waals surface area contributed by atoms with Crippen LogP contribution in [0.15, 0.2) is 54.7 Å². The molecule has 6 nitrogen and oxygen atoms in total. The van der Waals surface area contributed by atoms with E-state index in [1.165, 1.54) is 0 Å². The molecule has 0 fully saturated rings. The van der Waals surface area contributed by atoms with E-state index in [0.29, 0.717) is 23.6 Å². The van der Waals surface area contributed by atoms with Crippen LogP contribution in [0.1, 0.15) is 23.2 Å². The molecular weight excluding hydrogens is 400 g/mol. The minimum absolute atomic E-state index is 0.327. The first kappa shape index (κ1) is 19.1. The Morgan fingerprint density at radius 1 is 0.969 bits per heavy atom. The number of carbonyl (C=O) groups excluding carboxylic acids is 2. The van der Waals surface area contributed by atoms with Gasteiger partial charge in [0.2, 0.25) is 0 Å². The van der Waals surface area contributed by atoms with Gasteiger partial charge in [-0.3, -0.25) is 14.9 Å². The molecule has 0 unspecified atom stereocenters. The second kappa shape index (κ2) is 6.93. The van der Waals surface area contributed by atoms with Crippen LogP contribution < -0.4 is 11.1 Å². The number of rotatable bonds is 3. The van der Waals surface area contributed by atoms with Crippen LogP contribution in [0.4, 0.5) is 0 Å². The third-order valence-electron chi connectivity index (χ3n) is 7.00. The maximum atomic E-state index is 13.3. The first-order valence-electron chi connectivity index (χ1n) is 11.0. The molecule has 2 aromatic heterocycles. The SMILES string of the molecule is Cn1cc(C2=C(c3c4n(c5ccccc35)CC[C@@H](CN)C4)C(=O)NC2=O)c2ccccc21. The summed E-state index contributed by atoms with van der Waals surface area (Å²) in [5.74, 6) is -0.295. The molecule has 6 rings (SSSR count). The minimum Gasteiger partial charge on any atom is -0.350 e. The lowest BCUT2D eigenvalue weighted by Gasteiger charge is -2.24. The second-order valence-electron chi connectivity index (χ2n) is 8.79. The van der Waals surface area contributed by atoms with Crippen molar-refractivity contribution in [1.29, 1.82) is 0 Å². The normalized spacial score (nSPS) is 18.6. The third-order valence-corrected chi connectivity index (χ3v) is 7.00. The molecule has 1 atom stereocenters. The van der Waals surface area contributed by atoms with Crippen LogP contribution in [-0.2, 0) is 29.6 Å². The lowest BCUT2D eigenvalue weighted by molar-refractivity contribution is -0.122. The number of benzene rings is 2. The van der Waals surface area contributed by atoms with Gasteiger partial charge in [0.05, 0.1) is 11.1 Å². The van der Waals surface area contributed by atoms with Crippen LogP contribution in [0.3, 0.4) is 0 Å². The number of para-hydroxylation sites is 2. The number of imide groups is 1. The Bertz CT molecular complexity index is 1470. The van der Waals surface area contributed by atoms with Crippen molar-refractivity contribution in [3.8, 4) is 0 Å². The Kier molecular flexibility index (Phi) is 4.13. The molecule has 4 heterocycles. The summed E-state index contributed by atoms with van der Waals surface area (Å²) in [7, 11) is 1.96. The van der Waals surface area contributed by atoms with Gasteiger partial charge in [0.25, 0.3) is 11.8 Å². The average molecular weight is 425 g/mol. The molecule has 0 saturated heterocycles. The highest BCUT2D eigenvalue weighted by Gasteiger charge is 2.38. The molecule has 2 aromatic carbocycles. The van der Waals surface area contributed by atoms with Gasteiger partial charge in [-0.1, -0.05) is 36.4 Å². The summed E-state index contributed by atoms with van der Waals surface area (Å²) < 4.78 is 4.31. The number of hydrogen-bond acceptors (Lipinski definition) is 3. The van der Waals surface area contributed by atoms with E-state index in [1.54, 1.807) is 0 Å². The van der Waals surface area contributed by atoms with E-state index >= 15 is 0 Å². The highest BCUT2D eigenvalue weighted by Crippen LogP contribution is 2.42. The molecule has 0 bridgehead atoms. The summed E-state index contributed by atoms with van der Waals surface area (Å²) in [6.45, 7) is 1.48. The molecule has 0 spiro atoms. The van der Waals surface area contributed by atoms with Gasteiger partial charge in [0, 0.05) is 58.4 Å². The Morgan fingerprint density at radius 3 is 2.44 bits per heavy atom. The van der Waals surface area contributed by atoms with Gasteiger partial charge in [0.1, 0.15) is 0 Å². The Morgan fingerprint density at radius 2 is 1.66 bits per heavy atom. The largest absolute Gasteiger partial charge is 0.350 e. The fourth-order valence-corrected chi connectivity index (χ4v) is 5.48. The van der Waals surface area contributed by atoms with Crippen molar-refractivity contribution in [3.63, 3.8) is 0 Å². The maximum Gasteiger partial charge on any atom is 0.259 e. The van der Waals surface area contributed by atoms with Gasteiger partial charge in [-0.05, 0) is 37.4 Å². The number of hydrogen-bond donors (Lipinski definition) is 2. The standard InChI is InChI=1S/C26H24N4O2/c1-29-14-18(16-6-2-4-8-19(16)29)23-24(26(32)28-25(23)31)22-17-7-3-5-9-20(17)30-11-10-15(13-27)12-21(22)30/h2-9,14-15H,10-13,27H2,1H3,(H,28,31,32)/t15-/m1/s1. The number of nitrogens with two attached hydrogens (primary N) is 1. The zero-order chi connectivity index (χ0) is 22.0. The number of fused-ring (bicyclic) bond motifs is 4. The number of amides is 2. The summed E-state index contributed by atoms with van der Waals surface area (Å²) in [6.07, 6.45) is 3.77. The van der Waals surface area contributed by atoms with Crippen molar-refractivity contribution in [3.05, 3.63) is 71.5 Å². The Labute approximate surface area is 185 Å². The predicted octanol–water partition coefficient (Wildman–Crippen LogP) is 3.22. The fourth-order valence-electron chi connectivity index (χ4n) is 5.48. The van der Waals surface area contributed by atoms with Crippen molar-refractivity contribution in [2.75, 3.05) is 6.54 Å². The molecule has 2 aliphatic rings. The summed E-state index contributed by atoms with van der Waals surface area (Å²) in [4.78, 5) is 26.4. The highest BCUT2D eigenvalue weighted by atomic mass is 16.2. The zero-order valence-electron chi connectivity index (χ0n) is 17.9. The first-order valence-corrected chi connectivity index (χ1v) is 11.0. The van der Waals surface area contributed by atoms with Crippen molar-refractivity contribution in [2.24, 2.45) is 18.7 Å². The Hall–Kier alpha value is -3.64. The average Bonchev–Trinajstić information content (AvgIpc) is 3.41. The molecule has 0 radical (unpaired) electrons. The molecule has 3 N–H and O–H groups in total. The van der Waals surface area contributed by atoms with Crippen molar-refractivity contribution < 1.29 is 9.59 Å². The van der Waals surface area contributed by atoms with Gasteiger partial charge >= 0.3 is 0 Å². The van der Waals surface area contributed by atoms with E-state index in [0.717, 1.165) is 58.0 Å². The topological polar surface area (TPSA) is 82.0 Å². The van der Waals surface area contributed by atoms with Gasteiger partial charge in [0.15, 0.2) is 0 Å². The third kappa shape index (κ3) is 2.56. The summed E-state index contributed by atoms with van der Waals surface area (Å²) in [6, 6.07) is 16.1. The smallest absolute Gasteiger partial charge is 0.259 e. The van der Waals surface area contributed by atoms with E-state index in [9.17, 15) is 9.59 Å². The van der Waals surface area contributed by atoms with Crippen molar-refractivity contribution >= 4 is 44.8 Å². The van der Waals surface area contributed by atoms with Crippen LogP contribution >= 0.6 is 0 Å².